The Morgan fingerprint density at radius 3 is 2.42 bits per heavy atom. The average molecular weight is 565 g/mol. The minimum absolute atomic E-state index is 0.0284. The Bertz CT molecular complexity index is 799. The molecular weight excluding hydrogens is 511 g/mol. The zero-order chi connectivity index (χ0) is 28.2. The molecule has 3 unspecified atom stereocenters. The van der Waals surface area contributed by atoms with Gasteiger partial charge in [-0.3, -0.25) is 4.79 Å². The van der Waals surface area contributed by atoms with Gasteiger partial charge in [-0.2, -0.15) is 0 Å². The standard InChI is InChI=1S/C33H53FO6/c1-2-19-33(20-12-21-33)29(40-32-18-8-10-23-38-32)15-11-14-26-25(13-5-3-4-6-16-30(35)36)27(34)24-28(26)39-31-17-7-9-22-37-31/h3,5,11,14,25-29,31-32H,2,4,6-10,12-13,15-24H2,1H3,(H,35,36)/b5-3-,14-11+/t25-,26-,27-,28-,29?,31?,32?/m1/s1. The fourth-order valence-corrected chi connectivity index (χ4v) is 7.22. The Labute approximate surface area is 241 Å². The summed E-state index contributed by atoms with van der Waals surface area (Å²) in [6.07, 6.45) is 22.7. The van der Waals surface area contributed by atoms with Crippen LogP contribution in [0, 0.1) is 17.3 Å². The van der Waals surface area contributed by atoms with Gasteiger partial charge in [0.05, 0.1) is 12.2 Å². The first-order valence-corrected chi connectivity index (χ1v) is 16.2. The van der Waals surface area contributed by atoms with E-state index in [-0.39, 0.29) is 48.5 Å². The van der Waals surface area contributed by atoms with E-state index < -0.39 is 12.1 Å². The van der Waals surface area contributed by atoms with E-state index in [2.05, 4.69) is 19.1 Å². The van der Waals surface area contributed by atoms with Gasteiger partial charge in [0.15, 0.2) is 12.6 Å². The zero-order valence-corrected chi connectivity index (χ0v) is 24.7. The predicted octanol–water partition coefficient (Wildman–Crippen LogP) is 7.90. The van der Waals surface area contributed by atoms with Crippen LogP contribution < -0.4 is 0 Å². The maximum Gasteiger partial charge on any atom is 0.303 e. The van der Waals surface area contributed by atoms with Gasteiger partial charge in [0.25, 0.3) is 0 Å². The number of hydrogen-bond acceptors (Lipinski definition) is 5. The Hall–Kier alpha value is -1.28. The number of unbranched alkanes of at least 4 members (excludes halogenated alkanes) is 1. The van der Waals surface area contributed by atoms with Crippen molar-refractivity contribution in [2.24, 2.45) is 17.3 Å². The van der Waals surface area contributed by atoms with Gasteiger partial charge in [0.2, 0.25) is 0 Å². The molecule has 4 aliphatic rings. The zero-order valence-electron chi connectivity index (χ0n) is 24.7. The lowest BCUT2D eigenvalue weighted by Gasteiger charge is -2.48. The molecule has 0 aromatic rings. The smallest absolute Gasteiger partial charge is 0.303 e. The van der Waals surface area contributed by atoms with E-state index in [1.165, 1.54) is 25.7 Å². The third-order valence-corrected chi connectivity index (χ3v) is 9.59. The first-order chi connectivity index (χ1) is 19.5. The number of rotatable bonds is 16. The Kier molecular flexibility index (Phi) is 13.0. The molecule has 2 saturated heterocycles. The molecule has 6 nitrogen and oxygen atoms in total. The molecule has 228 valence electrons. The van der Waals surface area contributed by atoms with Crippen molar-refractivity contribution in [1.82, 2.24) is 0 Å². The van der Waals surface area contributed by atoms with Crippen molar-refractivity contribution in [3.63, 3.8) is 0 Å². The normalized spacial score (nSPS) is 33.4. The second-order valence-electron chi connectivity index (χ2n) is 12.5. The fraction of sp³-hybridized carbons (Fsp3) is 0.848. The molecule has 2 aliphatic carbocycles. The van der Waals surface area contributed by atoms with Crippen molar-refractivity contribution in [2.75, 3.05) is 13.2 Å². The first-order valence-electron chi connectivity index (χ1n) is 16.2. The van der Waals surface area contributed by atoms with E-state index in [4.69, 9.17) is 24.1 Å². The SMILES string of the molecule is CCCC1(C(C/C=C/[C@@H]2[C@@H](C/C=C\CCCC(=O)O)[C@H](F)C[C@H]2OC2CCCCO2)OC2CCCCO2)CCC1. The third kappa shape index (κ3) is 9.11. The topological polar surface area (TPSA) is 74.2 Å². The van der Waals surface area contributed by atoms with Gasteiger partial charge < -0.3 is 24.1 Å². The minimum atomic E-state index is -0.937. The van der Waals surface area contributed by atoms with Gasteiger partial charge in [-0.05, 0) is 88.9 Å². The van der Waals surface area contributed by atoms with Crippen molar-refractivity contribution < 1.29 is 33.2 Å². The van der Waals surface area contributed by atoms with Crippen molar-refractivity contribution in [3.8, 4) is 0 Å². The number of alkyl halides is 1. The van der Waals surface area contributed by atoms with E-state index in [0.717, 1.165) is 58.0 Å². The second kappa shape index (κ2) is 16.4. The summed E-state index contributed by atoms with van der Waals surface area (Å²) >= 11 is 0. The highest BCUT2D eigenvalue weighted by molar-refractivity contribution is 5.66. The van der Waals surface area contributed by atoms with E-state index >= 15 is 4.39 Å². The summed E-state index contributed by atoms with van der Waals surface area (Å²) in [5, 5.41) is 8.87. The van der Waals surface area contributed by atoms with Crippen LogP contribution in [0.25, 0.3) is 0 Å². The van der Waals surface area contributed by atoms with Crippen LogP contribution in [0.5, 0.6) is 0 Å². The molecule has 4 rings (SSSR count). The highest BCUT2D eigenvalue weighted by Gasteiger charge is 2.46. The number of hydrogen-bond donors (Lipinski definition) is 1. The summed E-state index contributed by atoms with van der Waals surface area (Å²) in [6, 6.07) is 0. The van der Waals surface area contributed by atoms with E-state index in [1.54, 1.807) is 0 Å². The maximum atomic E-state index is 15.5. The lowest BCUT2D eigenvalue weighted by Crippen LogP contribution is -2.45. The van der Waals surface area contributed by atoms with Crippen molar-refractivity contribution in [1.29, 1.82) is 0 Å². The summed E-state index contributed by atoms with van der Waals surface area (Å²) in [5.41, 5.74) is 0.224. The number of allylic oxidation sites excluding steroid dienone is 2. The van der Waals surface area contributed by atoms with Gasteiger partial charge >= 0.3 is 5.97 Å². The molecule has 0 bridgehead atoms. The molecule has 0 aromatic heterocycles. The van der Waals surface area contributed by atoms with Gasteiger partial charge in [-0.15, -0.1) is 0 Å². The molecule has 4 fully saturated rings. The fourth-order valence-electron chi connectivity index (χ4n) is 7.22. The lowest BCUT2D eigenvalue weighted by atomic mass is 9.62. The Morgan fingerprint density at radius 1 is 1.05 bits per heavy atom. The van der Waals surface area contributed by atoms with Crippen LogP contribution in [0.1, 0.15) is 116 Å². The molecular formula is C33H53FO6. The molecule has 2 aliphatic heterocycles. The quantitative estimate of drug-likeness (QED) is 0.152. The van der Waals surface area contributed by atoms with E-state index in [1.807, 2.05) is 12.2 Å². The second-order valence-corrected chi connectivity index (χ2v) is 12.5. The monoisotopic (exact) mass is 564 g/mol. The molecule has 0 radical (unpaired) electrons. The van der Waals surface area contributed by atoms with Crippen LogP contribution in [0.3, 0.4) is 0 Å². The maximum absolute atomic E-state index is 15.5. The highest BCUT2D eigenvalue weighted by Crippen LogP contribution is 2.50. The summed E-state index contributed by atoms with van der Waals surface area (Å²) in [4.78, 5) is 10.8. The average Bonchev–Trinajstić information content (AvgIpc) is 3.22. The number of ether oxygens (including phenoxy) is 4. The Balaban J connectivity index is 1.43. The molecule has 0 amide bonds. The Morgan fingerprint density at radius 2 is 1.80 bits per heavy atom. The van der Waals surface area contributed by atoms with Gasteiger partial charge in [0.1, 0.15) is 6.17 Å². The van der Waals surface area contributed by atoms with Crippen molar-refractivity contribution >= 4 is 5.97 Å². The molecule has 0 spiro atoms. The van der Waals surface area contributed by atoms with Gasteiger partial charge in [0, 0.05) is 37.9 Å². The molecule has 2 saturated carbocycles. The third-order valence-electron chi connectivity index (χ3n) is 9.59. The van der Waals surface area contributed by atoms with Crippen LogP contribution in [-0.4, -0.2) is 55.2 Å². The van der Waals surface area contributed by atoms with Crippen LogP contribution in [0.4, 0.5) is 4.39 Å². The van der Waals surface area contributed by atoms with Gasteiger partial charge in [-0.1, -0.05) is 44.1 Å². The van der Waals surface area contributed by atoms with Crippen LogP contribution in [0.15, 0.2) is 24.3 Å². The predicted molar refractivity (Wildman–Crippen MR) is 154 cm³/mol. The number of carbonyl (C=O) groups is 1. The molecule has 7 atom stereocenters. The number of halogens is 1. The summed E-state index contributed by atoms with van der Waals surface area (Å²) in [7, 11) is 0. The number of aliphatic carboxylic acids is 1. The number of carboxylic acids is 1. The van der Waals surface area contributed by atoms with Crippen LogP contribution >= 0.6 is 0 Å². The summed E-state index contributed by atoms with van der Waals surface area (Å²) < 4.78 is 40.4. The molecule has 40 heavy (non-hydrogen) atoms. The molecule has 1 N–H and O–H groups in total. The van der Waals surface area contributed by atoms with Crippen LogP contribution in [0.2, 0.25) is 0 Å². The highest BCUT2D eigenvalue weighted by atomic mass is 19.1. The molecule has 0 aromatic carbocycles. The summed E-state index contributed by atoms with van der Waals surface area (Å²) in [5.74, 6) is -0.961. The summed E-state index contributed by atoms with van der Waals surface area (Å²) in [6.45, 7) is 3.75. The van der Waals surface area contributed by atoms with Crippen LogP contribution in [-0.2, 0) is 23.7 Å². The molecule has 2 heterocycles. The van der Waals surface area contributed by atoms with E-state index in [0.29, 0.717) is 32.3 Å². The minimum Gasteiger partial charge on any atom is -0.481 e. The molecule has 7 heteroatoms. The van der Waals surface area contributed by atoms with Crippen molar-refractivity contribution in [2.45, 2.75) is 147 Å². The van der Waals surface area contributed by atoms with Crippen molar-refractivity contribution in [3.05, 3.63) is 24.3 Å². The largest absolute Gasteiger partial charge is 0.481 e. The lowest BCUT2D eigenvalue weighted by molar-refractivity contribution is -0.223. The number of carboxylic acid groups (broad SMARTS) is 1. The first kappa shape index (κ1) is 31.7. The van der Waals surface area contributed by atoms with Gasteiger partial charge in [-0.25, -0.2) is 4.39 Å². The van der Waals surface area contributed by atoms with E-state index in [9.17, 15) is 4.79 Å².